The van der Waals surface area contributed by atoms with Gasteiger partial charge in [0, 0.05) is 32.2 Å². The first kappa shape index (κ1) is 16.3. The molecule has 0 aromatic carbocycles. The summed E-state index contributed by atoms with van der Waals surface area (Å²) in [5, 5.41) is 12.3. The van der Waals surface area contributed by atoms with Gasteiger partial charge in [0.1, 0.15) is 5.54 Å². The number of amides is 1. The Balaban J connectivity index is 1.70. The lowest BCUT2D eigenvalue weighted by molar-refractivity contribution is -0.123. The lowest BCUT2D eigenvalue weighted by Crippen LogP contribution is -2.55. The fourth-order valence-corrected chi connectivity index (χ4v) is 3.26. The zero-order valence-corrected chi connectivity index (χ0v) is 13.4. The first-order chi connectivity index (χ1) is 10.0. The first-order valence-electron chi connectivity index (χ1n) is 8.19. The van der Waals surface area contributed by atoms with Crippen molar-refractivity contribution in [2.45, 2.75) is 57.5 Å². The van der Waals surface area contributed by atoms with Crippen LogP contribution < -0.4 is 5.32 Å². The highest BCUT2D eigenvalue weighted by molar-refractivity contribution is 5.78. The van der Waals surface area contributed by atoms with Crippen LogP contribution in [-0.2, 0) is 4.79 Å². The van der Waals surface area contributed by atoms with Crippen molar-refractivity contribution in [3.05, 3.63) is 0 Å². The molecule has 1 aliphatic carbocycles. The highest BCUT2D eigenvalue weighted by atomic mass is 16.2. The van der Waals surface area contributed by atoms with E-state index in [0.29, 0.717) is 12.6 Å². The zero-order chi connectivity index (χ0) is 15.3. The van der Waals surface area contributed by atoms with E-state index < -0.39 is 5.54 Å². The Morgan fingerprint density at radius 1 is 1.19 bits per heavy atom. The van der Waals surface area contributed by atoms with E-state index in [-0.39, 0.29) is 5.91 Å². The molecular weight excluding hydrogens is 264 g/mol. The van der Waals surface area contributed by atoms with Gasteiger partial charge < -0.3 is 5.32 Å². The summed E-state index contributed by atoms with van der Waals surface area (Å²) < 4.78 is 0. The molecule has 1 heterocycles. The zero-order valence-electron chi connectivity index (χ0n) is 13.4. The number of nitrogens with one attached hydrogen (secondary N) is 1. The Morgan fingerprint density at radius 2 is 1.81 bits per heavy atom. The molecule has 0 spiro atoms. The normalized spacial score (nSPS) is 22.7. The van der Waals surface area contributed by atoms with Crippen LogP contribution in [0.4, 0.5) is 0 Å². The van der Waals surface area contributed by atoms with Crippen molar-refractivity contribution in [3.63, 3.8) is 0 Å². The number of rotatable bonds is 4. The van der Waals surface area contributed by atoms with Crippen molar-refractivity contribution in [2.75, 3.05) is 32.7 Å². The predicted octanol–water partition coefficient (Wildman–Crippen LogP) is 1.36. The molecule has 1 N–H and O–H groups in total. The predicted molar refractivity (Wildman–Crippen MR) is 82.7 cm³/mol. The van der Waals surface area contributed by atoms with Crippen LogP contribution in [0, 0.1) is 11.3 Å². The molecule has 5 heteroatoms. The number of hydrogen-bond acceptors (Lipinski definition) is 4. The van der Waals surface area contributed by atoms with E-state index in [1.165, 1.54) is 19.3 Å². The Hall–Kier alpha value is -1.12. The standard InChI is InChI=1S/C16H28N4O/c1-16(2,13-17)20-10-8-19(9-11-20)12-15(21)18-14-6-4-3-5-7-14/h14H,3-12H2,1-2H3,(H,18,21). The third kappa shape index (κ3) is 4.69. The summed E-state index contributed by atoms with van der Waals surface area (Å²) in [5.41, 5.74) is -0.406. The van der Waals surface area contributed by atoms with Crippen molar-refractivity contribution in [1.29, 1.82) is 5.26 Å². The van der Waals surface area contributed by atoms with Crippen LogP contribution in [0.15, 0.2) is 0 Å². The van der Waals surface area contributed by atoms with Gasteiger partial charge in [-0.3, -0.25) is 14.6 Å². The van der Waals surface area contributed by atoms with E-state index in [1.54, 1.807) is 0 Å². The lowest BCUT2D eigenvalue weighted by atomic mass is 9.95. The van der Waals surface area contributed by atoms with Crippen LogP contribution >= 0.6 is 0 Å². The molecule has 1 saturated heterocycles. The van der Waals surface area contributed by atoms with E-state index in [9.17, 15) is 10.1 Å². The molecule has 5 nitrogen and oxygen atoms in total. The third-order valence-corrected chi connectivity index (χ3v) is 4.77. The Morgan fingerprint density at radius 3 is 2.38 bits per heavy atom. The van der Waals surface area contributed by atoms with Crippen LogP contribution in [0.2, 0.25) is 0 Å². The molecule has 0 aromatic rings. The maximum Gasteiger partial charge on any atom is 0.234 e. The van der Waals surface area contributed by atoms with E-state index in [2.05, 4.69) is 21.2 Å². The molecule has 118 valence electrons. The summed E-state index contributed by atoms with van der Waals surface area (Å²) in [7, 11) is 0. The monoisotopic (exact) mass is 292 g/mol. The maximum absolute atomic E-state index is 12.1. The van der Waals surface area contributed by atoms with Gasteiger partial charge in [-0.25, -0.2) is 0 Å². The van der Waals surface area contributed by atoms with Gasteiger partial charge >= 0.3 is 0 Å². The molecule has 0 bridgehead atoms. The fraction of sp³-hybridized carbons (Fsp3) is 0.875. The van der Waals surface area contributed by atoms with Gasteiger partial charge in [-0.2, -0.15) is 5.26 Å². The van der Waals surface area contributed by atoms with Crippen molar-refractivity contribution in [1.82, 2.24) is 15.1 Å². The number of carbonyl (C=O) groups is 1. The average molecular weight is 292 g/mol. The number of nitriles is 1. The van der Waals surface area contributed by atoms with Crippen LogP contribution in [0.3, 0.4) is 0 Å². The lowest BCUT2D eigenvalue weighted by Gasteiger charge is -2.40. The van der Waals surface area contributed by atoms with E-state index in [0.717, 1.165) is 39.0 Å². The summed E-state index contributed by atoms with van der Waals surface area (Å²) in [4.78, 5) is 16.5. The van der Waals surface area contributed by atoms with Gasteiger partial charge in [0.05, 0.1) is 12.6 Å². The summed E-state index contributed by atoms with van der Waals surface area (Å²) in [6.45, 7) is 7.86. The molecule has 2 aliphatic rings. The topological polar surface area (TPSA) is 59.4 Å². The van der Waals surface area contributed by atoms with Crippen molar-refractivity contribution >= 4 is 5.91 Å². The summed E-state index contributed by atoms with van der Waals surface area (Å²) in [6.07, 6.45) is 6.06. The second-order valence-electron chi connectivity index (χ2n) is 6.84. The molecule has 1 saturated carbocycles. The first-order valence-corrected chi connectivity index (χ1v) is 8.19. The Labute approximate surface area is 128 Å². The molecule has 21 heavy (non-hydrogen) atoms. The van der Waals surface area contributed by atoms with Gasteiger partial charge in [0.15, 0.2) is 0 Å². The number of carbonyl (C=O) groups excluding carboxylic acids is 1. The molecule has 0 radical (unpaired) electrons. The highest BCUT2D eigenvalue weighted by Crippen LogP contribution is 2.18. The molecule has 0 unspecified atom stereocenters. The number of hydrogen-bond donors (Lipinski definition) is 1. The molecule has 0 atom stereocenters. The summed E-state index contributed by atoms with van der Waals surface area (Å²) >= 11 is 0. The smallest absolute Gasteiger partial charge is 0.234 e. The van der Waals surface area contributed by atoms with E-state index >= 15 is 0 Å². The third-order valence-electron chi connectivity index (χ3n) is 4.77. The van der Waals surface area contributed by atoms with Crippen molar-refractivity contribution in [3.8, 4) is 6.07 Å². The second-order valence-corrected chi connectivity index (χ2v) is 6.84. The van der Waals surface area contributed by atoms with Crippen molar-refractivity contribution in [2.24, 2.45) is 0 Å². The molecule has 0 aromatic heterocycles. The Bertz CT molecular complexity index is 388. The minimum Gasteiger partial charge on any atom is -0.352 e. The Kier molecular flexibility index (Phi) is 5.60. The van der Waals surface area contributed by atoms with Crippen molar-refractivity contribution < 1.29 is 4.79 Å². The summed E-state index contributed by atoms with van der Waals surface area (Å²) in [5.74, 6) is 0.162. The van der Waals surface area contributed by atoms with Gasteiger partial charge in [-0.1, -0.05) is 19.3 Å². The highest BCUT2D eigenvalue weighted by Gasteiger charge is 2.30. The quantitative estimate of drug-likeness (QED) is 0.850. The van der Waals surface area contributed by atoms with E-state index in [4.69, 9.17) is 0 Å². The minimum absolute atomic E-state index is 0.162. The molecular formula is C16H28N4O. The SMILES string of the molecule is CC(C)(C#N)N1CCN(CC(=O)NC2CCCCC2)CC1. The van der Waals surface area contributed by atoms with Gasteiger partial charge in [0.2, 0.25) is 5.91 Å². The van der Waals surface area contributed by atoms with Gasteiger partial charge in [0.25, 0.3) is 0 Å². The average Bonchev–Trinajstić information content (AvgIpc) is 2.48. The maximum atomic E-state index is 12.1. The summed E-state index contributed by atoms with van der Waals surface area (Å²) in [6, 6.07) is 2.74. The van der Waals surface area contributed by atoms with Gasteiger partial charge in [-0.05, 0) is 26.7 Å². The molecule has 1 amide bonds. The van der Waals surface area contributed by atoms with Crippen LogP contribution in [0.1, 0.15) is 46.0 Å². The van der Waals surface area contributed by atoms with E-state index in [1.807, 2.05) is 13.8 Å². The van der Waals surface area contributed by atoms with Crippen LogP contribution in [0.25, 0.3) is 0 Å². The molecule has 1 aliphatic heterocycles. The number of piperazine rings is 1. The van der Waals surface area contributed by atoms with Gasteiger partial charge in [-0.15, -0.1) is 0 Å². The fourth-order valence-electron chi connectivity index (χ4n) is 3.26. The largest absolute Gasteiger partial charge is 0.352 e. The minimum atomic E-state index is -0.406. The second kappa shape index (κ2) is 7.24. The van der Waals surface area contributed by atoms with Crippen LogP contribution in [-0.4, -0.2) is 60.0 Å². The van der Waals surface area contributed by atoms with Crippen LogP contribution in [0.5, 0.6) is 0 Å². The molecule has 2 rings (SSSR count). The molecule has 2 fully saturated rings. The number of nitrogens with zero attached hydrogens (tertiary/aromatic N) is 3.